The highest BCUT2D eigenvalue weighted by molar-refractivity contribution is 7.89. The predicted octanol–water partition coefficient (Wildman–Crippen LogP) is 5.04. The number of furan rings is 1. The van der Waals surface area contributed by atoms with Crippen molar-refractivity contribution in [3.63, 3.8) is 0 Å². The van der Waals surface area contributed by atoms with Crippen LogP contribution in [0.4, 0.5) is 5.13 Å². The molecular formula is C24H23N3O4S2. The smallest absolute Gasteiger partial charge is 0.257 e. The summed E-state index contributed by atoms with van der Waals surface area (Å²) >= 11 is 1.34. The molecule has 0 saturated heterocycles. The van der Waals surface area contributed by atoms with Gasteiger partial charge in [0, 0.05) is 23.6 Å². The molecule has 0 fully saturated rings. The van der Waals surface area contributed by atoms with Crippen LogP contribution in [0.25, 0.3) is 11.3 Å². The fraction of sp³-hybridized carbons (Fsp3) is 0.167. The standard InChI is InChI=1S/C24H23N3O4S2/c1-3-17-6-8-18(9-7-17)22-16-32-24(25-22)26-23(28)19-10-12-21(13-11-19)33(29,30)27(2)15-20-5-4-14-31-20/h4-14,16H,3,15H2,1-2H3,(H,25,26,28). The van der Waals surface area contributed by atoms with Crippen LogP contribution in [0.1, 0.15) is 28.6 Å². The maximum atomic E-state index is 12.8. The van der Waals surface area contributed by atoms with Crippen LogP contribution >= 0.6 is 11.3 Å². The third kappa shape index (κ3) is 5.22. The zero-order valence-corrected chi connectivity index (χ0v) is 19.8. The van der Waals surface area contributed by atoms with Gasteiger partial charge in [-0.05, 0) is 48.4 Å². The van der Waals surface area contributed by atoms with Crippen molar-refractivity contribution in [2.45, 2.75) is 24.8 Å². The Morgan fingerprint density at radius 3 is 2.45 bits per heavy atom. The second kappa shape index (κ2) is 9.70. The Bertz CT molecular complexity index is 1330. The number of nitrogens with zero attached hydrogens (tertiary/aromatic N) is 2. The molecule has 1 N–H and O–H groups in total. The van der Waals surface area contributed by atoms with Gasteiger partial charge in [-0.3, -0.25) is 10.1 Å². The van der Waals surface area contributed by atoms with Gasteiger partial charge < -0.3 is 4.42 Å². The van der Waals surface area contributed by atoms with Crippen molar-refractivity contribution in [1.29, 1.82) is 0 Å². The molecule has 0 radical (unpaired) electrons. The first kappa shape index (κ1) is 22.9. The highest BCUT2D eigenvalue weighted by Crippen LogP contribution is 2.26. The molecule has 0 saturated carbocycles. The Balaban J connectivity index is 1.42. The van der Waals surface area contributed by atoms with Crippen LogP contribution in [0.3, 0.4) is 0 Å². The molecule has 2 aromatic carbocycles. The summed E-state index contributed by atoms with van der Waals surface area (Å²) in [7, 11) is -2.24. The number of rotatable bonds is 8. The molecule has 1 amide bonds. The van der Waals surface area contributed by atoms with E-state index in [1.54, 1.807) is 12.1 Å². The molecule has 0 aliphatic rings. The van der Waals surface area contributed by atoms with Crippen LogP contribution in [0, 0.1) is 0 Å². The summed E-state index contributed by atoms with van der Waals surface area (Å²) in [5.74, 6) is 0.186. The molecule has 170 valence electrons. The number of aromatic nitrogens is 1. The average Bonchev–Trinajstić information content (AvgIpc) is 3.51. The fourth-order valence-electron chi connectivity index (χ4n) is 3.21. The number of carbonyl (C=O) groups excluding carboxylic acids is 1. The fourth-order valence-corrected chi connectivity index (χ4v) is 5.06. The second-order valence-electron chi connectivity index (χ2n) is 7.41. The topological polar surface area (TPSA) is 92.5 Å². The highest BCUT2D eigenvalue weighted by Gasteiger charge is 2.22. The van der Waals surface area contributed by atoms with Gasteiger partial charge in [0.05, 0.1) is 23.4 Å². The molecule has 2 heterocycles. The van der Waals surface area contributed by atoms with E-state index in [0.717, 1.165) is 17.7 Å². The van der Waals surface area contributed by atoms with Crippen molar-refractivity contribution < 1.29 is 17.6 Å². The van der Waals surface area contributed by atoms with Gasteiger partial charge in [-0.1, -0.05) is 31.2 Å². The molecule has 0 atom stereocenters. The number of hydrogen-bond acceptors (Lipinski definition) is 6. The minimum atomic E-state index is -3.72. The monoisotopic (exact) mass is 481 g/mol. The van der Waals surface area contributed by atoms with Crippen LogP contribution in [0.15, 0.2) is 81.6 Å². The van der Waals surface area contributed by atoms with Crippen molar-refractivity contribution in [3.05, 3.63) is 89.2 Å². The van der Waals surface area contributed by atoms with Crippen molar-refractivity contribution in [2.75, 3.05) is 12.4 Å². The van der Waals surface area contributed by atoms with Crippen molar-refractivity contribution in [1.82, 2.24) is 9.29 Å². The first-order chi connectivity index (χ1) is 15.9. The quantitative estimate of drug-likeness (QED) is 0.381. The number of anilines is 1. The number of hydrogen-bond donors (Lipinski definition) is 1. The molecular weight excluding hydrogens is 458 g/mol. The summed E-state index contributed by atoms with van der Waals surface area (Å²) in [6, 6.07) is 17.4. The van der Waals surface area contributed by atoms with E-state index in [1.165, 1.54) is 58.8 Å². The number of thiazole rings is 1. The van der Waals surface area contributed by atoms with E-state index >= 15 is 0 Å². The second-order valence-corrected chi connectivity index (χ2v) is 10.3. The molecule has 0 unspecified atom stereocenters. The molecule has 2 aromatic heterocycles. The predicted molar refractivity (Wildman–Crippen MR) is 129 cm³/mol. The number of sulfonamides is 1. The van der Waals surface area contributed by atoms with E-state index in [1.807, 2.05) is 17.5 Å². The molecule has 4 aromatic rings. The molecule has 33 heavy (non-hydrogen) atoms. The molecule has 0 spiro atoms. The zero-order chi connectivity index (χ0) is 23.4. The van der Waals surface area contributed by atoms with Crippen LogP contribution in [0.2, 0.25) is 0 Å². The number of benzene rings is 2. The van der Waals surface area contributed by atoms with Crippen molar-refractivity contribution >= 4 is 32.4 Å². The van der Waals surface area contributed by atoms with Gasteiger partial charge in [0.15, 0.2) is 5.13 Å². The normalized spacial score (nSPS) is 11.6. The summed E-state index contributed by atoms with van der Waals surface area (Å²) in [4.78, 5) is 17.2. The van der Waals surface area contributed by atoms with Crippen LogP contribution in [-0.2, 0) is 23.0 Å². The Hall–Kier alpha value is -3.27. The Morgan fingerprint density at radius 1 is 1.09 bits per heavy atom. The van der Waals surface area contributed by atoms with Gasteiger partial charge in [0.2, 0.25) is 10.0 Å². The van der Waals surface area contributed by atoms with Gasteiger partial charge in [-0.2, -0.15) is 4.31 Å². The third-order valence-corrected chi connectivity index (χ3v) is 7.74. The zero-order valence-electron chi connectivity index (χ0n) is 18.2. The van der Waals surface area contributed by atoms with E-state index < -0.39 is 10.0 Å². The van der Waals surface area contributed by atoms with Crippen LogP contribution < -0.4 is 5.32 Å². The largest absolute Gasteiger partial charge is 0.468 e. The lowest BCUT2D eigenvalue weighted by Crippen LogP contribution is -2.26. The Labute approximate surface area is 196 Å². The number of aryl methyl sites for hydroxylation is 1. The van der Waals surface area contributed by atoms with E-state index in [-0.39, 0.29) is 17.3 Å². The number of amides is 1. The van der Waals surface area contributed by atoms with E-state index in [2.05, 4.69) is 29.4 Å². The first-order valence-electron chi connectivity index (χ1n) is 10.3. The minimum absolute atomic E-state index is 0.0974. The molecule has 0 aliphatic heterocycles. The van der Waals surface area contributed by atoms with Gasteiger partial charge in [0.1, 0.15) is 5.76 Å². The third-order valence-electron chi connectivity index (χ3n) is 5.17. The van der Waals surface area contributed by atoms with Gasteiger partial charge >= 0.3 is 0 Å². The summed E-state index contributed by atoms with van der Waals surface area (Å²) in [5, 5.41) is 5.14. The van der Waals surface area contributed by atoms with Gasteiger partial charge in [0.25, 0.3) is 5.91 Å². The lowest BCUT2D eigenvalue weighted by molar-refractivity contribution is 0.102. The summed E-state index contributed by atoms with van der Waals surface area (Å²) < 4.78 is 32.0. The molecule has 9 heteroatoms. The van der Waals surface area contributed by atoms with Crippen LogP contribution in [-0.4, -0.2) is 30.7 Å². The van der Waals surface area contributed by atoms with Crippen LogP contribution in [0.5, 0.6) is 0 Å². The first-order valence-corrected chi connectivity index (χ1v) is 12.6. The van der Waals surface area contributed by atoms with E-state index in [4.69, 9.17) is 4.42 Å². The minimum Gasteiger partial charge on any atom is -0.468 e. The van der Waals surface area contributed by atoms with Crippen molar-refractivity contribution in [3.8, 4) is 11.3 Å². The molecule has 0 bridgehead atoms. The average molecular weight is 482 g/mol. The lowest BCUT2D eigenvalue weighted by Gasteiger charge is -2.16. The Morgan fingerprint density at radius 2 is 1.82 bits per heavy atom. The Kier molecular flexibility index (Phi) is 6.73. The maximum Gasteiger partial charge on any atom is 0.257 e. The van der Waals surface area contributed by atoms with E-state index in [9.17, 15) is 13.2 Å². The number of nitrogens with one attached hydrogen (secondary N) is 1. The highest BCUT2D eigenvalue weighted by atomic mass is 32.2. The summed E-state index contributed by atoms with van der Waals surface area (Å²) in [5.41, 5.74) is 3.36. The SMILES string of the molecule is CCc1ccc(-c2csc(NC(=O)c3ccc(S(=O)(=O)N(C)Cc4ccco4)cc3)n2)cc1. The molecule has 4 rings (SSSR count). The lowest BCUT2D eigenvalue weighted by atomic mass is 10.1. The summed E-state index contributed by atoms with van der Waals surface area (Å²) in [6.45, 7) is 2.22. The van der Waals surface area contributed by atoms with Gasteiger partial charge in [-0.25, -0.2) is 13.4 Å². The van der Waals surface area contributed by atoms with E-state index in [0.29, 0.717) is 16.5 Å². The number of carbonyl (C=O) groups is 1. The van der Waals surface area contributed by atoms with Crippen molar-refractivity contribution in [2.24, 2.45) is 0 Å². The maximum absolute atomic E-state index is 12.8. The molecule has 0 aliphatic carbocycles. The summed E-state index contributed by atoms with van der Waals surface area (Å²) in [6.07, 6.45) is 2.47. The van der Waals surface area contributed by atoms with Gasteiger partial charge in [-0.15, -0.1) is 11.3 Å². The molecule has 7 nitrogen and oxygen atoms in total.